The first-order valence-corrected chi connectivity index (χ1v) is 8.88. The second kappa shape index (κ2) is 6.39. The summed E-state index contributed by atoms with van der Waals surface area (Å²) in [7, 11) is 0. The number of carbonyl (C=O) groups excluding carboxylic acids is 1. The van der Waals surface area contributed by atoms with Gasteiger partial charge in [0.05, 0.1) is 18.4 Å². The van der Waals surface area contributed by atoms with Gasteiger partial charge in [-0.1, -0.05) is 18.2 Å². The molecule has 6 heteroatoms. The van der Waals surface area contributed by atoms with Crippen molar-refractivity contribution in [3.63, 3.8) is 0 Å². The lowest BCUT2D eigenvalue weighted by molar-refractivity contribution is 0.0651. The number of para-hydroxylation sites is 1. The largest absolute Gasteiger partial charge is 0.486 e. The molecule has 0 aliphatic carbocycles. The van der Waals surface area contributed by atoms with Gasteiger partial charge in [-0.2, -0.15) is 0 Å². The molecule has 1 N–H and O–H groups in total. The highest BCUT2D eigenvalue weighted by atomic mass is 16.6. The monoisotopic (exact) mass is 362 g/mol. The number of fused-ring (bicyclic) bond motifs is 2. The second-order valence-corrected chi connectivity index (χ2v) is 6.51. The van der Waals surface area contributed by atoms with E-state index in [1.54, 1.807) is 11.2 Å². The number of rotatable bonds is 3. The van der Waals surface area contributed by atoms with Crippen molar-refractivity contribution in [3.05, 3.63) is 77.7 Å². The molecule has 1 aromatic heterocycles. The maximum absolute atomic E-state index is 13.2. The van der Waals surface area contributed by atoms with Crippen LogP contribution in [-0.2, 0) is 6.54 Å². The highest BCUT2D eigenvalue weighted by Crippen LogP contribution is 2.38. The Morgan fingerprint density at radius 1 is 1.00 bits per heavy atom. The van der Waals surface area contributed by atoms with E-state index in [0.29, 0.717) is 31.1 Å². The molecule has 0 fully saturated rings. The number of hydrogen-bond donors (Lipinski definition) is 1. The van der Waals surface area contributed by atoms with Crippen LogP contribution in [-0.4, -0.2) is 24.0 Å². The highest BCUT2D eigenvalue weighted by molar-refractivity contribution is 6.01. The van der Waals surface area contributed by atoms with Gasteiger partial charge in [0.15, 0.2) is 11.5 Å². The van der Waals surface area contributed by atoms with Gasteiger partial charge in [-0.3, -0.25) is 4.79 Å². The molecule has 2 aromatic carbocycles. The van der Waals surface area contributed by atoms with Crippen molar-refractivity contribution in [1.29, 1.82) is 0 Å². The van der Waals surface area contributed by atoms with Crippen LogP contribution in [0.4, 0.5) is 5.69 Å². The maximum Gasteiger partial charge on any atom is 0.258 e. The van der Waals surface area contributed by atoms with Crippen LogP contribution in [0, 0.1) is 0 Å². The van der Waals surface area contributed by atoms with Crippen molar-refractivity contribution in [2.24, 2.45) is 0 Å². The fourth-order valence-corrected chi connectivity index (χ4v) is 3.52. The van der Waals surface area contributed by atoms with E-state index in [1.165, 1.54) is 0 Å². The SMILES string of the molecule is O=C1c2ccccc2N[C@H](c2ccc3c(c2)OCCO3)N1Cc1ccco1. The third-order valence-electron chi connectivity index (χ3n) is 4.81. The van der Waals surface area contributed by atoms with Gasteiger partial charge in [0.1, 0.15) is 25.1 Å². The zero-order chi connectivity index (χ0) is 18.2. The quantitative estimate of drug-likeness (QED) is 0.767. The van der Waals surface area contributed by atoms with E-state index < -0.39 is 0 Å². The maximum atomic E-state index is 13.2. The van der Waals surface area contributed by atoms with E-state index in [9.17, 15) is 4.79 Å². The van der Waals surface area contributed by atoms with E-state index in [0.717, 1.165) is 22.8 Å². The lowest BCUT2D eigenvalue weighted by Crippen LogP contribution is -2.42. The zero-order valence-corrected chi connectivity index (χ0v) is 14.6. The summed E-state index contributed by atoms with van der Waals surface area (Å²) in [6.07, 6.45) is 1.28. The van der Waals surface area contributed by atoms with Crippen LogP contribution < -0.4 is 14.8 Å². The first-order valence-electron chi connectivity index (χ1n) is 8.88. The molecule has 6 nitrogen and oxygen atoms in total. The van der Waals surface area contributed by atoms with Gasteiger partial charge in [-0.15, -0.1) is 0 Å². The average Bonchev–Trinajstić information content (AvgIpc) is 3.23. The Morgan fingerprint density at radius 3 is 2.70 bits per heavy atom. The lowest BCUT2D eigenvalue weighted by atomic mass is 10.0. The molecule has 0 saturated carbocycles. The average molecular weight is 362 g/mol. The molecule has 27 heavy (non-hydrogen) atoms. The molecule has 136 valence electrons. The number of carbonyl (C=O) groups is 1. The summed E-state index contributed by atoms with van der Waals surface area (Å²) >= 11 is 0. The number of hydrogen-bond acceptors (Lipinski definition) is 5. The number of nitrogens with one attached hydrogen (secondary N) is 1. The Bertz CT molecular complexity index is 984. The van der Waals surface area contributed by atoms with Crippen LogP contribution in [0.15, 0.2) is 65.3 Å². The molecule has 1 amide bonds. The van der Waals surface area contributed by atoms with Gasteiger partial charge < -0.3 is 24.1 Å². The minimum atomic E-state index is -0.340. The molecular formula is C21H18N2O4. The Balaban J connectivity index is 1.56. The third-order valence-corrected chi connectivity index (χ3v) is 4.81. The minimum absolute atomic E-state index is 0.0411. The lowest BCUT2D eigenvalue weighted by Gasteiger charge is -2.38. The van der Waals surface area contributed by atoms with Crippen molar-refractivity contribution in [3.8, 4) is 11.5 Å². The predicted octanol–water partition coefficient (Wildman–Crippen LogP) is 3.82. The Labute approximate surface area is 156 Å². The molecule has 3 heterocycles. The number of furan rings is 1. The van der Waals surface area contributed by atoms with Gasteiger partial charge in [-0.05, 0) is 42.0 Å². The van der Waals surface area contributed by atoms with Gasteiger partial charge in [0, 0.05) is 5.69 Å². The normalized spacial score (nSPS) is 18.0. The van der Waals surface area contributed by atoms with Crippen molar-refractivity contribution >= 4 is 11.6 Å². The summed E-state index contributed by atoms with van der Waals surface area (Å²) in [4.78, 5) is 15.0. The van der Waals surface area contributed by atoms with E-state index in [-0.39, 0.29) is 12.1 Å². The first-order chi connectivity index (χ1) is 13.3. The van der Waals surface area contributed by atoms with Crippen molar-refractivity contribution in [2.45, 2.75) is 12.7 Å². The van der Waals surface area contributed by atoms with Gasteiger partial charge >= 0.3 is 0 Å². The van der Waals surface area contributed by atoms with Gasteiger partial charge in [0.25, 0.3) is 5.91 Å². The number of amides is 1. The van der Waals surface area contributed by atoms with E-state index in [2.05, 4.69) is 5.32 Å². The van der Waals surface area contributed by atoms with Gasteiger partial charge in [-0.25, -0.2) is 0 Å². The van der Waals surface area contributed by atoms with Crippen LogP contribution in [0.25, 0.3) is 0 Å². The summed E-state index contributed by atoms with van der Waals surface area (Å²) in [6, 6.07) is 17.0. The second-order valence-electron chi connectivity index (χ2n) is 6.51. The first kappa shape index (κ1) is 15.8. The van der Waals surface area contributed by atoms with Crippen molar-refractivity contribution in [2.75, 3.05) is 18.5 Å². The topological polar surface area (TPSA) is 63.9 Å². The molecule has 0 saturated heterocycles. The molecule has 0 bridgehead atoms. The number of anilines is 1. The van der Waals surface area contributed by atoms with E-state index in [4.69, 9.17) is 13.9 Å². The zero-order valence-electron chi connectivity index (χ0n) is 14.6. The molecule has 0 unspecified atom stereocenters. The molecule has 1 atom stereocenters. The van der Waals surface area contributed by atoms with Crippen LogP contribution in [0.5, 0.6) is 11.5 Å². The molecule has 0 radical (unpaired) electrons. The van der Waals surface area contributed by atoms with Crippen molar-refractivity contribution < 1.29 is 18.7 Å². The predicted molar refractivity (Wildman–Crippen MR) is 98.8 cm³/mol. The van der Waals surface area contributed by atoms with Crippen LogP contribution in [0.2, 0.25) is 0 Å². The molecule has 3 aromatic rings. The number of benzene rings is 2. The summed E-state index contributed by atoms with van der Waals surface area (Å²) in [6.45, 7) is 1.43. The summed E-state index contributed by atoms with van der Waals surface area (Å²) < 4.78 is 16.8. The van der Waals surface area contributed by atoms with Gasteiger partial charge in [0.2, 0.25) is 0 Å². The Hall–Kier alpha value is -3.41. The molecular weight excluding hydrogens is 344 g/mol. The Morgan fingerprint density at radius 2 is 1.85 bits per heavy atom. The van der Waals surface area contributed by atoms with Crippen LogP contribution >= 0.6 is 0 Å². The highest BCUT2D eigenvalue weighted by Gasteiger charge is 2.34. The molecule has 0 spiro atoms. The third kappa shape index (κ3) is 2.79. The summed E-state index contributed by atoms with van der Waals surface area (Å²) in [5.74, 6) is 2.11. The smallest absolute Gasteiger partial charge is 0.258 e. The van der Waals surface area contributed by atoms with Crippen LogP contribution in [0.3, 0.4) is 0 Å². The fourth-order valence-electron chi connectivity index (χ4n) is 3.52. The van der Waals surface area contributed by atoms with Crippen molar-refractivity contribution in [1.82, 2.24) is 4.90 Å². The summed E-state index contributed by atoms with van der Waals surface area (Å²) in [5.41, 5.74) is 2.39. The van der Waals surface area contributed by atoms with Crippen LogP contribution in [0.1, 0.15) is 27.8 Å². The summed E-state index contributed by atoms with van der Waals surface area (Å²) in [5, 5.41) is 3.48. The molecule has 2 aliphatic heterocycles. The Kier molecular flexibility index (Phi) is 3.74. The fraction of sp³-hybridized carbons (Fsp3) is 0.190. The molecule has 2 aliphatic rings. The number of nitrogens with zero attached hydrogens (tertiary/aromatic N) is 1. The standard InChI is InChI=1S/C21H18N2O4/c24-21-16-5-1-2-6-17(16)22-20(23(21)13-15-4-3-9-25-15)14-7-8-18-19(12-14)27-11-10-26-18/h1-9,12,20,22H,10-11,13H2/t20-/m0/s1. The molecule has 5 rings (SSSR count). The number of ether oxygens (including phenoxy) is 2. The minimum Gasteiger partial charge on any atom is -0.486 e. The van der Waals surface area contributed by atoms with E-state index in [1.807, 2.05) is 54.6 Å². The van der Waals surface area contributed by atoms with E-state index >= 15 is 0 Å².